The Morgan fingerprint density at radius 2 is 2.18 bits per heavy atom. The number of nitrogens with two attached hydrogens (primary N) is 1. The highest BCUT2D eigenvalue weighted by atomic mass is 16.5. The fraction of sp³-hybridized carbons (Fsp3) is 0.471. The summed E-state index contributed by atoms with van der Waals surface area (Å²) in [5.74, 6) is 2.18. The minimum Gasteiger partial charge on any atom is -0.494 e. The zero-order valence-electron chi connectivity index (χ0n) is 13.3. The molecule has 0 amide bonds. The van der Waals surface area contributed by atoms with E-state index < -0.39 is 0 Å². The Labute approximate surface area is 131 Å². The molecule has 2 aromatic rings. The van der Waals surface area contributed by atoms with E-state index in [0.717, 1.165) is 42.7 Å². The second kappa shape index (κ2) is 6.40. The first-order valence-corrected chi connectivity index (χ1v) is 7.87. The highest BCUT2D eigenvalue weighted by Crippen LogP contribution is 2.25. The Bertz CT molecular complexity index is 637. The fourth-order valence-corrected chi connectivity index (χ4v) is 3.18. The zero-order chi connectivity index (χ0) is 15.5. The number of likely N-dealkylation sites (tertiary alicyclic amines) is 1. The molecule has 0 bridgehead atoms. The van der Waals surface area contributed by atoms with Crippen molar-refractivity contribution in [2.75, 3.05) is 25.9 Å². The van der Waals surface area contributed by atoms with E-state index in [4.69, 9.17) is 10.5 Å². The molecule has 1 saturated heterocycles. The molecule has 3 rings (SSSR count). The quantitative estimate of drug-likeness (QED) is 0.943. The van der Waals surface area contributed by atoms with Crippen molar-refractivity contribution in [1.29, 1.82) is 0 Å². The van der Waals surface area contributed by atoms with Gasteiger partial charge in [0.15, 0.2) is 0 Å². The monoisotopic (exact) mass is 300 g/mol. The standard InChI is InChI=1S/C17H24N4O/c1-13-6-5-9-20(11-13)12-14-10-17(18)21(19-14)15-7-3-4-8-16(15)22-2/h3-4,7-8,10,13H,5-6,9,11-12,18H2,1-2H3. The number of para-hydroxylation sites is 2. The van der Waals surface area contributed by atoms with E-state index in [9.17, 15) is 0 Å². The molecule has 5 nitrogen and oxygen atoms in total. The van der Waals surface area contributed by atoms with Gasteiger partial charge in [0.05, 0.1) is 12.8 Å². The van der Waals surface area contributed by atoms with Gasteiger partial charge in [-0.05, 0) is 37.4 Å². The van der Waals surface area contributed by atoms with Crippen molar-refractivity contribution in [2.24, 2.45) is 5.92 Å². The van der Waals surface area contributed by atoms with Crippen LogP contribution in [-0.2, 0) is 6.54 Å². The predicted molar refractivity (Wildman–Crippen MR) is 88.2 cm³/mol. The lowest BCUT2D eigenvalue weighted by Gasteiger charge is -2.30. The van der Waals surface area contributed by atoms with Crippen LogP contribution in [0.2, 0.25) is 0 Å². The third-order valence-corrected chi connectivity index (χ3v) is 4.23. The van der Waals surface area contributed by atoms with Crippen LogP contribution >= 0.6 is 0 Å². The van der Waals surface area contributed by atoms with Crippen molar-refractivity contribution in [1.82, 2.24) is 14.7 Å². The number of benzene rings is 1. The summed E-state index contributed by atoms with van der Waals surface area (Å²) in [4.78, 5) is 2.46. The summed E-state index contributed by atoms with van der Waals surface area (Å²) in [5, 5.41) is 4.68. The smallest absolute Gasteiger partial charge is 0.144 e. The second-order valence-corrected chi connectivity index (χ2v) is 6.13. The number of hydrogen-bond acceptors (Lipinski definition) is 4. The number of nitrogen functional groups attached to an aromatic ring is 1. The molecule has 5 heteroatoms. The number of hydrogen-bond donors (Lipinski definition) is 1. The first-order chi connectivity index (χ1) is 10.7. The summed E-state index contributed by atoms with van der Waals surface area (Å²) in [6, 6.07) is 9.76. The number of anilines is 1. The van der Waals surface area contributed by atoms with Crippen molar-refractivity contribution < 1.29 is 4.74 Å². The average molecular weight is 300 g/mol. The molecule has 0 spiro atoms. The first-order valence-electron chi connectivity index (χ1n) is 7.87. The van der Waals surface area contributed by atoms with Crippen LogP contribution in [0.4, 0.5) is 5.82 Å². The molecule has 1 aromatic carbocycles. The summed E-state index contributed by atoms with van der Waals surface area (Å²) in [5.41, 5.74) is 8.04. The molecule has 0 radical (unpaired) electrons. The molecule has 1 fully saturated rings. The molecular weight excluding hydrogens is 276 g/mol. The lowest BCUT2D eigenvalue weighted by molar-refractivity contribution is 0.174. The fourth-order valence-electron chi connectivity index (χ4n) is 3.18. The number of piperidine rings is 1. The van der Waals surface area contributed by atoms with Crippen LogP contribution < -0.4 is 10.5 Å². The van der Waals surface area contributed by atoms with Gasteiger partial charge in [-0.2, -0.15) is 5.10 Å². The summed E-state index contributed by atoms with van der Waals surface area (Å²) in [7, 11) is 1.66. The zero-order valence-corrected chi connectivity index (χ0v) is 13.3. The molecule has 1 unspecified atom stereocenters. The summed E-state index contributed by atoms with van der Waals surface area (Å²) in [6.45, 7) is 5.46. The van der Waals surface area contributed by atoms with Crippen LogP contribution in [0.3, 0.4) is 0 Å². The average Bonchev–Trinajstić information content (AvgIpc) is 2.87. The van der Waals surface area contributed by atoms with E-state index in [2.05, 4.69) is 16.9 Å². The van der Waals surface area contributed by atoms with E-state index >= 15 is 0 Å². The van der Waals surface area contributed by atoms with Crippen LogP contribution in [-0.4, -0.2) is 34.9 Å². The summed E-state index contributed by atoms with van der Waals surface area (Å²) >= 11 is 0. The van der Waals surface area contributed by atoms with Crippen LogP contribution in [0.15, 0.2) is 30.3 Å². The molecule has 0 aliphatic carbocycles. The molecule has 118 valence electrons. The molecule has 2 heterocycles. The number of ether oxygens (including phenoxy) is 1. The van der Waals surface area contributed by atoms with Crippen molar-refractivity contribution in [2.45, 2.75) is 26.3 Å². The van der Waals surface area contributed by atoms with Crippen LogP contribution in [0.1, 0.15) is 25.5 Å². The molecule has 1 aromatic heterocycles. The predicted octanol–water partition coefficient (Wildman–Crippen LogP) is 2.70. The van der Waals surface area contributed by atoms with Crippen molar-refractivity contribution >= 4 is 5.82 Å². The van der Waals surface area contributed by atoms with Crippen molar-refractivity contribution in [3.05, 3.63) is 36.0 Å². The molecular formula is C17H24N4O. The first kappa shape index (κ1) is 14.9. The van der Waals surface area contributed by atoms with Gasteiger partial charge in [0.1, 0.15) is 17.3 Å². The van der Waals surface area contributed by atoms with E-state index in [0.29, 0.717) is 5.82 Å². The van der Waals surface area contributed by atoms with Crippen molar-refractivity contribution in [3.8, 4) is 11.4 Å². The van der Waals surface area contributed by atoms with Crippen molar-refractivity contribution in [3.63, 3.8) is 0 Å². The summed E-state index contributed by atoms with van der Waals surface area (Å²) < 4.78 is 7.17. The Hall–Kier alpha value is -2.01. The number of rotatable bonds is 4. The topological polar surface area (TPSA) is 56.3 Å². The van der Waals surface area contributed by atoms with E-state index in [1.54, 1.807) is 11.8 Å². The Kier molecular flexibility index (Phi) is 4.34. The van der Waals surface area contributed by atoms with Gasteiger partial charge < -0.3 is 10.5 Å². The van der Waals surface area contributed by atoms with Gasteiger partial charge in [-0.3, -0.25) is 4.90 Å². The van der Waals surface area contributed by atoms with Gasteiger partial charge in [-0.25, -0.2) is 4.68 Å². The van der Waals surface area contributed by atoms with Crippen LogP contribution in [0.25, 0.3) is 5.69 Å². The van der Waals surface area contributed by atoms with Gasteiger partial charge in [0.25, 0.3) is 0 Å². The maximum absolute atomic E-state index is 6.16. The normalized spacial score (nSPS) is 19.3. The second-order valence-electron chi connectivity index (χ2n) is 6.13. The molecule has 2 N–H and O–H groups in total. The molecule has 22 heavy (non-hydrogen) atoms. The number of aromatic nitrogens is 2. The Morgan fingerprint density at radius 1 is 1.36 bits per heavy atom. The molecule has 1 aliphatic heterocycles. The van der Waals surface area contributed by atoms with E-state index in [1.807, 2.05) is 30.3 Å². The minimum atomic E-state index is 0.643. The molecule has 0 saturated carbocycles. The number of nitrogens with zero attached hydrogens (tertiary/aromatic N) is 3. The highest BCUT2D eigenvalue weighted by molar-refractivity contribution is 5.51. The van der Waals surface area contributed by atoms with E-state index in [1.165, 1.54) is 12.8 Å². The van der Waals surface area contributed by atoms with Gasteiger partial charge in [0, 0.05) is 19.2 Å². The lowest BCUT2D eigenvalue weighted by atomic mass is 10.0. The maximum atomic E-state index is 6.16. The summed E-state index contributed by atoms with van der Waals surface area (Å²) in [6.07, 6.45) is 2.60. The minimum absolute atomic E-state index is 0.643. The van der Waals surface area contributed by atoms with Crippen LogP contribution in [0, 0.1) is 5.92 Å². The molecule has 1 aliphatic rings. The largest absolute Gasteiger partial charge is 0.494 e. The third kappa shape index (κ3) is 3.09. The Balaban J connectivity index is 1.81. The molecule has 1 atom stereocenters. The van der Waals surface area contributed by atoms with Gasteiger partial charge in [-0.1, -0.05) is 19.1 Å². The third-order valence-electron chi connectivity index (χ3n) is 4.23. The van der Waals surface area contributed by atoms with Gasteiger partial charge in [0.2, 0.25) is 0 Å². The van der Waals surface area contributed by atoms with E-state index in [-0.39, 0.29) is 0 Å². The maximum Gasteiger partial charge on any atom is 0.144 e. The van der Waals surface area contributed by atoms with Crippen LogP contribution in [0.5, 0.6) is 5.75 Å². The van der Waals surface area contributed by atoms with Gasteiger partial charge >= 0.3 is 0 Å². The number of methoxy groups -OCH3 is 1. The lowest BCUT2D eigenvalue weighted by Crippen LogP contribution is -2.33. The van der Waals surface area contributed by atoms with Gasteiger partial charge in [-0.15, -0.1) is 0 Å². The SMILES string of the molecule is COc1ccccc1-n1nc(CN2CCCC(C)C2)cc1N. The highest BCUT2D eigenvalue weighted by Gasteiger charge is 2.18. The Morgan fingerprint density at radius 3 is 2.95 bits per heavy atom.